The second-order valence-corrected chi connectivity index (χ2v) is 6.01. The lowest BCUT2D eigenvalue weighted by Gasteiger charge is -2.15. The maximum Gasteiger partial charge on any atom is 0.249 e. The van der Waals surface area contributed by atoms with Crippen molar-refractivity contribution in [3.8, 4) is 12.3 Å². The molecule has 0 spiro atoms. The Morgan fingerprint density at radius 3 is 3.00 bits per heavy atom. The zero-order valence-electron chi connectivity index (χ0n) is 13.0. The van der Waals surface area contributed by atoms with Gasteiger partial charge in [0, 0.05) is 44.7 Å². The Labute approximate surface area is 135 Å². The quantitative estimate of drug-likeness (QED) is 0.738. The molecule has 3 rings (SSSR count). The minimum absolute atomic E-state index is 0.0501. The van der Waals surface area contributed by atoms with E-state index in [-0.39, 0.29) is 23.8 Å². The van der Waals surface area contributed by atoms with Crippen LogP contribution in [-0.2, 0) is 16.1 Å². The third-order valence-corrected chi connectivity index (χ3v) is 4.25. The number of ether oxygens (including phenoxy) is 1. The highest BCUT2D eigenvalue weighted by molar-refractivity contribution is 5.81. The maximum absolute atomic E-state index is 12.2. The predicted molar refractivity (Wildman–Crippen MR) is 83.4 cm³/mol. The number of nitrogens with one attached hydrogen (secondary N) is 1. The van der Waals surface area contributed by atoms with Crippen molar-refractivity contribution in [2.24, 2.45) is 10.2 Å². The van der Waals surface area contributed by atoms with Crippen molar-refractivity contribution in [2.45, 2.75) is 56.5 Å². The molecule has 1 aromatic rings. The molecule has 0 aliphatic carbocycles. The van der Waals surface area contributed by atoms with Crippen LogP contribution in [0.1, 0.15) is 32.1 Å². The minimum atomic E-state index is -0.363. The van der Waals surface area contributed by atoms with Crippen LogP contribution < -0.4 is 5.32 Å². The smallest absolute Gasteiger partial charge is 0.249 e. The van der Waals surface area contributed by atoms with Crippen LogP contribution in [0.5, 0.6) is 0 Å². The number of imidazole rings is 1. The van der Waals surface area contributed by atoms with Crippen LogP contribution in [0.2, 0.25) is 0 Å². The standard InChI is InChI=1S/C16H21N5O2/c1-2-3-6-16(19-20-16)7-8-18-15(22)14-5-4-13(23-14)11-21-10-9-17-12-21/h1,9-10,12-14H,3-8,11H2,(H,18,22)/t13-,14+/m1/s1. The lowest BCUT2D eigenvalue weighted by molar-refractivity contribution is -0.132. The van der Waals surface area contributed by atoms with Crippen molar-refractivity contribution >= 4 is 5.91 Å². The van der Waals surface area contributed by atoms with Crippen LogP contribution in [-0.4, -0.2) is 39.9 Å². The van der Waals surface area contributed by atoms with E-state index in [4.69, 9.17) is 11.2 Å². The average molecular weight is 315 g/mol. The van der Waals surface area contributed by atoms with Crippen LogP contribution in [0.25, 0.3) is 0 Å². The summed E-state index contributed by atoms with van der Waals surface area (Å²) < 4.78 is 7.79. The van der Waals surface area contributed by atoms with Gasteiger partial charge in [0.15, 0.2) is 5.66 Å². The van der Waals surface area contributed by atoms with Crippen LogP contribution >= 0.6 is 0 Å². The third-order valence-electron chi connectivity index (χ3n) is 4.25. The van der Waals surface area contributed by atoms with Crippen LogP contribution in [0.3, 0.4) is 0 Å². The third kappa shape index (κ3) is 4.17. The Hall–Kier alpha value is -2.20. The van der Waals surface area contributed by atoms with Crippen molar-refractivity contribution < 1.29 is 9.53 Å². The Kier molecular flexibility index (Phi) is 4.72. The van der Waals surface area contributed by atoms with Gasteiger partial charge in [0.2, 0.25) is 5.91 Å². The molecular formula is C16H21N5O2. The van der Waals surface area contributed by atoms with Gasteiger partial charge in [0.25, 0.3) is 0 Å². The largest absolute Gasteiger partial charge is 0.363 e. The number of aromatic nitrogens is 2. The zero-order valence-corrected chi connectivity index (χ0v) is 13.0. The molecule has 23 heavy (non-hydrogen) atoms. The number of hydrogen-bond donors (Lipinski definition) is 1. The fourth-order valence-corrected chi connectivity index (χ4v) is 2.83. The number of hydrogen-bond acceptors (Lipinski definition) is 5. The summed E-state index contributed by atoms with van der Waals surface area (Å²) in [5, 5.41) is 11.0. The van der Waals surface area contributed by atoms with Gasteiger partial charge >= 0.3 is 0 Å². The van der Waals surface area contributed by atoms with Crippen molar-refractivity contribution in [1.82, 2.24) is 14.9 Å². The van der Waals surface area contributed by atoms with Crippen molar-refractivity contribution in [2.75, 3.05) is 6.54 Å². The summed E-state index contributed by atoms with van der Waals surface area (Å²) in [6.45, 7) is 1.28. The Balaban J connectivity index is 1.35. The van der Waals surface area contributed by atoms with Gasteiger partial charge in [-0.1, -0.05) is 0 Å². The molecule has 0 radical (unpaired) electrons. The van der Waals surface area contributed by atoms with E-state index in [0.29, 0.717) is 19.4 Å². The molecule has 1 fully saturated rings. The zero-order chi connectivity index (χ0) is 16.1. The topological polar surface area (TPSA) is 80.9 Å². The molecule has 1 aromatic heterocycles. The number of carbonyl (C=O) groups is 1. The molecule has 0 aromatic carbocycles. The van der Waals surface area contributed by atoms with E-state index in [9.17, 15) is 4.79 Å². The SMILES string of the molecule is C#CCCC1(CCNC(=O)[C@@H]2CC[C@H](Cn3ccnc3)O2)N=N1. The summed E-state index contributed by atoms with van der Waals surface area (Å²) in [5.41, 5.74) is -0.347. The molecule has 2 aliphatic rings. The van der Waals surface area contributed by atoms with Crippen LogP contribution in [0.4, 0.5) is 0 Å². The predicted octanol–water partition coefficient (Wildman–Crippen LogP) is 1.51. The Morgan fingerprint density at radius 1 is 1.43 bits per heavy atom. The molecule has 2 atom stereocenters. The summed E-state index contributed by atoms with van der Waals surface area (Å²) in [4.78, 5) is 16.2. The van der Waals surface area contributed by atoms with Gasteiger partial charge in [0.1, 0.15) is 6.10 Å². The summed E-state index contributed by atoms with van der Waals surface area (Å²) in [6.07, 6.45) is 14.1. The fraction of sp³-hybridized carbons (Fsp3) is 0.625. The average Bonchev–Trinajstić information content (AvgIpc) is 2.94. The lowest BCUT2D eigenvalue weighted by atomic mass is 10.0. The molecule has 3 heterocycles. The van der Waals surface area contributed by atoms with E-state index in [0.717, 1.165) is 25.8 Å². The normalized spacial score (nSPS) is 24.3. The van der Waals surface area contributed by atoms with Crippen LogP contribution in [0, 0.1) is 12.3 Å². The number of rotatable bonds is 8. The highest BCUT2D eigenvalue weighted by Gasteiger charge is 2.39. The summed E-state index contributed by atoms with van der Waals surface area (Å²) in [5.74, 6) is 2.55. The van der Waals surface area contributed by atoms with E-state index in [2.05, 4.69) is 26.4 Å². The van der Waals surface area contributed by atoms with E-state index in [1.54, 1.807) is 12.5 Å². The summed E-state index contributed by atoms with van der Waals surface area (Å²) >= 11 is 0. The first-order valence-corrected chi connectivity index (χ1v) is 7.97. The highest BCUT2D eigenvalue weighted by atomic mass is 16.5. The Bertz CT molecular complexity index is 598. The van der Waals surface area contributed by atoms with Gasteiger partial charge < -0.3 is 14.6 Å². The van der Waals surface area contributed by atoms with Gasteiger partial charge in [-0.15, -0.1) is 12.3 Å². The van der Waals surface area contributed by atoms with E-state index < -0.39 is 0 Å². The second-order valence-electron chi connectivity index (χ2n) is 6.01. The highest BCUT2D eigenvalue weighted by Crippen LogP contribution is 2.36. The maximum atomic E-state index is 12.2. The van der Waals surface area contributed by atoms with E-state index in [1.807, 2.05) is 10.8 Å². The number of terminal acetylenes is 1. The molecule has 7 nitrogen and oxygen atoms in total. The molecule has 0 saturated carbocycles. The van der Waals surface area contributed by atoms with Crippen molar-refractivity contribution in [3.63, 3.8) is 0 Å². The summed E-state index contributed by atoms with van der Waals surface area (Å²) in [7, 11) is 0. The van der Waals surface area contributed by atoms with Crippen molar-refractivity contribution in [1.29, 1.82) is 0 Å². The van der Waals surface area contributed by atoms with Gasteiger partial charge in [-0.2, -0.15) is 10.2 Å². The molecule has 1 amide bonds. The molecule has 122 valence electrons. The van der Waals surface area contributed by atoms with Gasteiger partial charge in [0.05, 0.1) is 12.4 Å². The van der Waals surface area contributed by atoms with Gasteiger partial charge in [-0.3, -0.25) is 4.79 Å². The van der Waals surface area contributed by atoms with Crippen molar-refractivity contribution in [3.05, 3.63) is 18.7 Å². The molecule has 1 saturated heterocycles. The molecule has 1 N–H and O–H groups in total. The van der Waals surface area contributed by atoms with E-state index in [1.165, 1.54) is 0 Å². The first-order chi connectivity index (χ1) is 11.2. The van der Waals surface area contributed by atoms with E-state index >= 15 is 0 Å². The molecule has 0 unspecified atom stereocenters. The number of nitrogens with zero attached hydrogens (tertiary/aromatic N) is 4. The van der Waals surface area contributed by atoms with Gasteiger partial charge in [-0.05, 0) is 12.8 Å². The molecule has 7 heteroatoms. The first kappa shape index (κ1) is 15.7. The first-order valence-electron chi connectivity index (χ1n) is 7.97. The minimum Gasteiger partial charge on any atom is -0.363 e. The Morgan fingerprint density at radius 2 is 2.30 bits per heavy atom. The van der Waals surface area contributed by atoms with Gasteiger partial charge in [-0.25, -0.2) is 4.98 Å². The van der Waals surface area contributed by atoms with Crippen LogP contribution in [0.15, 0.2) is 28.9 Å². The molecule has 0 bridgehead atoms. The molecule has 2 aliphatic heterocycles. The fourth-order valence-electron chi connectivity index (χ4n) is 2.83. The number of amides is 1. The lowest BCUT2D eigenvalue weighted by Crippen LogP contribution is -2.37. The summed E-state index contributed by atoms with van der Waals surface area (Å²) in [6, 6.07) is 0. The second kappa shape index (κ2) is 6.92. The number of carbonyl (C=O) groups excluding carboxylic acids is 1. The monoisotopic (exact) mass is 315 g/mol. The molecular weight excluding hydrogens is 294 g/mol.